The van der Waals surface area contributed by atoms with Crippen molar-refractivity contribution in [2.75, 3.05) is 110 Å². The van der Waals surface area contributed by atoms with Gasteiger partial charge < -0.3 is 77.0 Å². The summed E-state index contributed by atoms with van der Waals surface area (Å²) in [6, 6.07) is 38.0. The minimum Gasteiger partial charge on any atom is -0.444 e. The van der Waals surface area contributed by atoms with E-state index < -0.39 is 41.3 Å². The summed E-state index contributed by atoms with van der Waals surface area (Å²) in [5.74, 6) is 2.55. The van der Waals surface area contributed by atoms with Crippen molar-refractivity contribution >= 4 is 179 Å². The zero-order valence-corrected chi connectivity index (χ0v) is 87.7. The second-order valence-electron chi connectivity index (χ2n) is 38.5. The van der Waals surface area contributed by atoms with Gasteiger partial charge in [-0.3, -0.25) is 9.59 Å². The average molecular weight is 2110 g/mol. The monoisotopic (exact) mass is 2100 g/mol. The molecule has 0 bridgehead atoms. The van der Waals surface area contributed by atoms with E-state index in [1.165, 1.54) is 49.7 Å². The Kier molecular flexibility index (Phi) is 36.3. The Bertz CT molecular complexity index is 6920. The van der Waals surface area contributed by atoms with E-state index in [1.807, 2.05) is 84.4 Å². The number of anilines is 6. The Balaban J connectivity index is 0.000000146. The maximum absolute atomic E-state index is 13.3. The molecule has 5 aromatic carbocycles. The topological polar surface area (TPSA) is 446 Å². The molecule has 36 nitrogen and oxygen atoms in total. The van der Waals surface area contributed by atoms with Crippen LogP contribution in [0, 0.1) is 20.8 Å². The number of aryl methyl sites for hydroxylation is 3. The number of nitrogens with zero attached hydrogens (tertiary/aromatic N) is 15. The molecule has 10 N–H and O–H groups in total. The lowest BCUT2D eigenvalue weighted by atomic mass is 10.1. The van der Waals surface area contributed by atoms with Crippen LogP contribution < -0.4 is 43.0 Å². The van der Waals surface area contributed by atoms with Gasteiger partial charge in [0.1, 0.15) is 65.4 Å². The first-order valence-corrected chi connectivity index (χ1v) is 54.3. The quantitative estimate of drug-likeness (QED) is 0.0342. The van der Waals surface area contributed by atoms with Gasteiger partial charge in [-0.05, 0) is 249 Å². The number of carbonyl (C=O) groups is 4. The fourth-order valence-corrected chi connectivity index (χ4v) is 22.3. The van der Waals surface area contributed by atoms with Gasteiger partial charge in [-0.1, -0.05) is 112 Å². The van der Waals surface area contributed by atoms with Gasteiger partial charge in [0.2, 0.25) is 11.8 Å². The number of nitrogens with one attached hydrogen (secondary N) is 8. The van der Waals surface area contributed by atoms with Crippen LogP contribution in [0.4, 0.5) is 44.2 Å². The second-order valence-corrected chi connectivity index (χ2v) is 45.7. The molecular formula is C101H126Cl4N24O12S3. The first-order valence-electron chi connectivity index (χ1n) is 48.4. The zero-order valence-electron chi connectivity index (χ0n) is 82.2. The highest BCUT2D eigenvalue weighted by atomic mass is 35.5. The zero-order chi connectivity index (χ0) is 103. The van der Waals surface area contributed by atoms with Gasteiger partial charge in [0.15, 0.2) is 16.9 Å². The van der Waals surface area contributed by atoms with Crippen molar-refractivity contribution in [2.45, 2.75) is 215 Å². The molecule has 18 rings (SSSR count). The minimum atomic E-state index is -3.83. The molecule has 5 aliphatic heterocycles. The third kappa shape index (κ3) is 29.1. The molecule has 0 radical (unpaired) electrons. The summed E-state index contributed by atoms with van der Waals surface area (Å²) in [4.78, 5) is 95.6. The summed E-state index contributed by atoms with van der Waals surface area (Å²) in [7, 11) is -11.3. The van der Waals surface area contributed by atoms with Crippen LogP contribution >= 0.6 is 46.4 Å². The number of hydrogen-bond acceptors (Lipinski definition) is 28. The molecule has 4 amide bonds. The van der Waals surface area contributed by atoms with Crippen LogP contribution in [0.25, 0.3) is 44.1 Å². The van der Waals surface area contributed by atoms with E-state index >= 15 is 0 Å². The van der Waals surface area contributed by atoms with E-state index in [0.29, 0.717) is 116 Å². The molecule has 0 spiro atoms. The smallest absolute Gasteiger partial charge is 0.410 e. The van der Waals surface area contributed by atoms with Gasteiger partial charge in [-0.25, -0.2) is 86.6 Å². The number of amides is 4. The maximum atomic E-state index is 13.3. The van der Waals surface area contributed by atoms with Crippen molar-refractivity contribution in [2.24, 2.45) is 5.73 Å². The molecule has 5 saturated heterocycles. The number of carbonyl (C=O) groups excluding carboxylic acids is 4. The lowest BCUT2D eigenvalue weighted by Crippen LogP contribution is -2.42. The molecule has 5 atom stereocenters. The number of hydrogen-bond donors (Lipinski definition) is 9. The SMILES string of the molecule is CC(C)(C)OC(=O)N1CCCCC(N)C1.Cc1ccc(S(=O)(=O)n2ccc3c(NC4CCCCN(C(=O)CNc5cc(Cl)cc(Cl)c5)C4)ncnc32)cc1.Cc1ccc(S(=O)(=O)n2ccc3c(NC4CCCCN(C(=O)OC(C)(C)C)C4)ncnc32)cc1.Cc1ccc(S(=O)(=O)n2ccc3c(NC4CCCCNC4)ncnc32)cc1.O=C(CNc1cc(Cl)cc(Cl)c1)N1CCCCC(Nc2ncnc3[nH]ccc23)C1. The minimum absolute atomic E-state index is 0.0389. The number of ether oxygens (including phenoxy) is 2. The molecule has 0 saturated carbocycles. The number of nitrogens with two attached hydrogens (primary N) is 1. The Morgan fingerprint density at radius 1 is 0.396 bits per heavy atom. The molecule has 5 aliphatic rings. The molecule has 8 aromatic heterocycles. The first kappa shape index (κ1) is 108. The van der Waals surface area contributed by atoms with Crippen molar-refractivity contribution < 1.29 is 53.9 Å². The largest absolute Gasteiger partial charge is 0.444 e. The highest BCUT2D eigenvalue weighted by molar-refractivity contribution is 7.90. The van der Waals surface area contributed by atoms with Gasteiger partial charge in [0.05, 0.1) is 49.3 Å². The number of halogens is 4. The van der Waals surface area contributed by atoms with E-state index in [2.05, 4.69) is 82.1 Å². The molecule has 0 aliphatic carbocycles. The number of aromatic amines is 1. The third-order valence-electron chi connectivity index (χ3n) is 24.7. The summed E-state index contributed by atoms with van der Waals surface area (Å²) in [6.45, 7) is 24.2. The second kappa shape index (κ2) is 48.7. The number of likely N-dealkylation sites (tertiary alicyclic amines) is 4. The Morgan fingerprint density at radius 2 is 0.722 bits per heavy atom. The lowest BCUT2D eigenvalue weighted by molar-refractivity contribution is -0.130. The summed E-state index contributed by atoms with van der Waals surface area (Å²) in [6.07, 6.45) is 26.4. The highest BCUT2D eigenvalue weighted by Crippen LogP contribution is 2.34. The van der Waals surface area contributed by atoms with E-state index in [-0.39, 0.29) is 82.0 Å². The Morgan fingerprint density at radius 3 is 1.10 bits per heavy atom. The van der Waals surface area contributed by atoms with Gasteiger partial charge in [-0.15, -0.1) is 0 Å². The molecule has 13 heterocycles. The molecule has 5 fully saturated rings. The van der Waals surface area contributed by atoms with Crippen molar-refractivity contribution in [3.63, 3.8) is 0 Å². The van der Waals surface area contributed by atoms with Crippen molar-refractivity contribution in [3.8, 4) is 0 Å². The van der Waals surface area contributed by atoms with Gasteiger partial charge in [-0.2, -0.15) is 0 Å². The summed E-state index contributed by atoms with van der Waals surface area (Å²) in [5, 5.41) is 28.4. The standard InChI is InChI=1S/C27H28Cl2N6O3S.C24H31N5O4S.C20H22Cl2N6O.C19H23N5O2S.C11H22N2O2/c1-18-5-7-23(8-6-18)39(37,38)35-11-9-24-26(31-17-32-27(24)35)33-21-4-2-3-10-34(16-21)25(36)15-30-22-13-19(28)12-20(29)14-22;1-17-8-10-19(11-9-17)34(31,32)29-14-12-20-21(25-16-26-22(20)29)27-18-7-5-6-13-28(15-18)23(30)33-24(2,3)4;21-13-7-14(22)9-16(8-13)24-10-18(29)28-6-2-1-3-15(11-28)27-20-17-4-5-23-19(17)25-12-26-20;1-14-5-7-16(8-6-14)27(25,26)24-11-9-17-18(21-13-22-19(17)24)23-15-4-2-3-10-20-12-15;1-11(2,3)15-10(14)13-7-5-4-6-9(12)8-13/h5-9,11-14,17,21,30H,2-4,10,15-16H2,1H3,(H,31,32,33);8-12,14,16,18H,5-7,13,15H2,1-4H3,(H,25,26,27);4-5,7-9,12,15,24H,1-3,6,10-11H2,(H2,23,25,26,27);5-9,11,13,15,20H,2-4,10,12H2,1H3,(H,21,22,23);9H,4-8,12H2,1-3H3. The van der Waals surface area contributed by atoms with Crippen LogP contribution in [0.3, 0.4) is 0 Å². The van der Waals surface area contributed by atoms with Crippen LogP contribution in [-0.2, 0) is 49.1 Å². The molecule has 43 heteroatoms. The van der Waals surface area contributed by atoms with Crippen LogP contribution in [0.2, 0.25) is 20.1 Å². The van der Waals surface area contributed by atoms with Gasteiger partial charge >= 0.3 is 12.2 Å². The lowest BCUT2D eigenvalue weighted by Gasteiger charge is -2.28. The van der Waals surface area contributed by atoms with Crippen LogP contribution in [0.5, 0.6) is 0 Å². The third-order valence-corrected chi connectivity index (χ3v) is 30.6. The van der Waals surface area contributed by atoms with Crippen LogP contribution in [-0.4, -0.2) is 246 Å². The van der Waals surface area contributed by atoms with Crippen LogP contribution in [0.1, 0.15) is 155 Å². The molecule has 768 valence electrons. The summed E-state index contributed by atoms with van der Waals surface area (Å²) < 4.78 is 93.6. The predicted octanol–water partition coefficient (Wildman–Crippen LogP) is 17.8. The molecule has 144 heavy (non-hydrogen) atoms. The van der Waals surface area contributed by atoms with Gasteiger partial charge in [0.25, 0.3) is 30.1 Å². The Labute approximate surface area is 860 Å². The fourth-order valence-electron chi connectivity index (χ4n) is 17.4. The van der Waals surface area contributed by atoms with Gasteiger partial charge in [0, 0.05) is 145 Å². The molecular weight excluding hydrogens is 1980 g/mol. The number of H-pyrrole nitrogens is 1. The fraction of sp³-hybridized carbons (Fsp3) is 0.426. The van der Waals surface area contributed by atoms with E-state index in [4.69, 9.17) is 61.6 Å². The predicted molar refractivity (Wildman–Crippen MR) is 566 cm³/mol. The van der Waals surface area contributed by atoms with E-state index in [0.717, 1.165) is 155 Å². The van der Waals surface area contributed by atoms with E-state index in [1.54, 1.807) is 150 Å². The normalized spacial score (nSPS) is 17.8. The number of benzene rings is 5. The summed E-state index contributed by atoms with van der Waals surface area (Å²) in [5.41, 5.74) is 11.0. The summed E-state index contributed by atoms with van der Waals surface area (Å²) >= 11 is 24.2. The van der Waals surface area contributed by atoms with E-state index in [9.17, 15) is 44.4 Å². The highest BCUT2D eigenvalue weighted by Gasteiger charge is 2.33. The maximum Gasteiger partial charge on any atom is 0.410 e. The number of rotatable bonds is 20. The van der Waals surface area contributed by atoms with Crippen molar-refractivity contribution in [1.82, 2.24) is 81.7 Å². The Hall–Kier alpha value is -12.2. The van der Waals surface area contributed by atoms with Crippen molar-refractivity contribution in [3.05, 3.63) is 220 Å². The number of fused-ring (bicyclic) bond motifs is 4. The number of aromatic nitrogens is 12. The van der Waals surface area contributed by atoms with Crippen LogP contribution in [0.15, 0.2) is 198 Å². The molecule has 5 unspecified atom stereocenters. The molecule has 13 aromatic rings. The first-order chi connectivity index (χ1) is 68.8. The van der Waals surface area contributed by atoms with Crippen molar-refractivity contribution in [1.29, 1.82) is 0 Å². The average Bonchev–Trinajstić information content (AvgIpc) is 1.58.